The molecule has 2 atom stereocenters. The van der Waals surface area contributed by atoms with Crippen molar-refractivity contribution in [3.05, 3.63) is 30.1 Å². The van der Waals surface area contributed by atoms with Crippen LogP contribution in [-0.4, -0.2) is 67.8 Å². The highest BCUT2D eigenvalue weighted by Crippen LogP contribution is 2.40. The Morgan fingerprint density at radius 2 is 1.83 bits per heavy atom. The van der Waals surface area contributed by atoms with Crippen LogP contribution in [0.2, 0.25) is 0 Å². The number of ether oxygens (including phenoxy) is 1. The van der Waals surface area contributed by atoms with Gasteiger partial charge in [-0.15, -0.1) is 0 Å². The molecule has 3 aliphatic rings. The molecule has 2 heterocycles. The minimum atomic E-state index is -4.07. The van der Waals surface area contributed by atoms with Crippen molar-refractivity contribution in [2.45, 2.75) is 61.4 Å². The Labute approximate surface area is 175 Å². The molecule has 1 aliphatic carbocycles. The molecule has 0 bridgehead atoms. The number of hydrogen-bond acceptors (Lipinski definition) is 4. The van der Waals surface area contributed by atoms with Crippen LogP contribution in [0.15, 0.2) is 29.2 Å². The summed E-state index contributed by atoms with van der Waals surface area (Å²) in [6.07, 6.45) is 3.51. The maximum atomic E-state index is 15.4. The number of amides is 2. The molecule has 3 fully saturated rings. The van der Waals surface area contributed by atoms with Gasteiger partial charge in [-0.1, -0.05) is 19.3 Å². The fraction of sp³-hybridized carbons (Fsp3) is 0.650. The van der Waals surface area contributed by atoms with Gasteiger partial charge in [0, 0.05) is 25.6 Å². The molecule has 30 heavy (non-hydrogen) atoms. The highest BCUT2D eigenvalue weighted by Gasteiger charge is 2.57. The largest absolute Gasteiger partial charge is 0.355 e. The monoisotopic (exact) mass is 443 g/mol. The lowest BCUT2D eigenvalue weighted by molar-refractivity contribution is -0.135. The van der Waals surface area contributed by atoms with E-state index in [4.69, 9.17) is 4.74 Å². The van der Waals surface area contributed by atoms with Gasteiger partial charge in [-0.2, -0.15) is 4.31 Å². The van der Waals surface area contributed by atoms with Gasteiger partial charge in [0.1, 0.15) is 5.82 Å². The second-order valence-electron chi connectivity index (χ2n) is 8.17. The van der Waals surface area contributed by atoms with Crippen molar-refractivity contribution < 1.29 is 26.7 Å². The summed E-state index contributed by atoms with van der Waals surface area (Å²) >= 11 is 0. The number of piperidine rings is 1. The molecule has 2 unspecified atom stereocenters. The highest BCUT2D eigenvalue weighted by molar-refractivity contribution is 7.89. The molecular weight excluding hydrogens is 416 g/mol. The smallest absolute Gasteiger partial charge is 0.317 e. The van der Waals surface area contributed by atoms with E-state index < -0.39 is 27.7 Å². The molecule has 7 nitrogen and oxygen atoms in total. The predicted molar refractivity (Wildman–Crippen MR) is 105 cm³/mol. The number of nitrogens with zero attached hydrogens (tertiary/aromatic N) is 2. The third-order valence-electron chi connectivity index (χ3n) is 6.30. The Hall–Kier alpha value is -1.78. The molecule has 2 aliphatic heterocycles. The van der Waals surface area contributed by atoms with Gasteiger partial charge in [0.15, 0.2) is 11.9 Å². The maximum absolute atomic E-state index is 15.4. The summed E-state index contributed by atoms with van der Waals surface area (Å²) in [4.78, 5) is 13.9. The Balaban J connectivity index is 1.47. The van der Waals surface area contributed by atoms with Crippen LogP contribution in [0.1, 0.15) is 38.5 Å². The molecule has 1 spiro atoms. The first-order valence-corrected chi connectivity index (χ1v) is 11.9. The van der Waals surface area contributed by atoms with E-state index in [2.05, 4.69) is 5.32 Å². The molecule has 2 saturated heterocycles. The van der Waals surface area contributed by atoms with Gasteiger partial charge < -0.3 is 15.0 Å². The predicted octanol–water partition coefficient (Wildman–Crippen LogP) is 2.63. The van der Waals surface area contributed by atoms with Gasteiger partial charge in [-0.05, 0) is 37.1 Å². The van der Waals surface area contributed by atoms with Crippen molar-refractivity contribution in [2.24, 2.45) is 0 Å². The standard InChI is InChI=1S/C20H27F2N3O4S/c21-15-6-8-17(9-7-15)30(27,28)25-12-13-29-20(25)10-11-24(14-18(20)22)19(26)23-16-4-2-1-3-5-16/h6-9,16,18H,1-5,10-14H2,(H,23,26). The van der Waals surface area contributed by atoms with E-state index in [0.717, 1.165) is 54.3 Å². The van der Waals surface area contributed by atoms with E-state index in [9.17, 15) is 17.6 Å². The minimum absolute atomic E-state index is 0.00833. The summed E-state index contributed by atoms with van der Waals surface area (Å²) < 4.78 is 61.5. The quantitative estimate of drug-likeness (QED) is 0.779. The van der Waals surface area contributed by atoms with Crippen LogP contribution < -0.4 is 5.32 Å². The number of alkyl halides is 1. The molecule has 0 radical (unpaired) electrons. The number of urea groups is 1. The number of likely N-dealkylation sites (tertiary alicyclic amines) is 1. The Bertz CT molecular complexity index is 877. The second-order valence-corrected chi connectivity index (χ2v) is 10.0. The lowest BCUT2D eigenvalue weighted by Crippen LogP contribution is -2.64. The zero-order valence-corrected chi connectivity index (χ0v) is 17.5. The number of carbonyl (C=O) groups excluding carboxylic acids is 1. The lowest BCUT2D eigenvalue weighted by Gasteiger charge is -2.45. The number of benzene rings is 1. The fourth-order valence-electron chi connectivity index (χ4n) is 4.64. The summed E-state index contributed by atoms with van der Waals surface area (Å²) in [6, 6.07) is 4.24. The van der Waals surface area contributed by atoms with Crippen LogP contribution in [0, 0.1) is 5.82 Å². The first kappa shape index (κ1) is 21.5. The SMILES string of the molecule is O=C(NC1CCCCC1)N1CCC2(OCCN2S(=O)(=O)c2ccc(F)cc2)C(F)C1. The lowest BCUT2D eigenvalue weighted by atomic mass is 9.95. The zero-order valence-electron chi connectivity index (χ0n) is 16.7. The minimum Gasteiger partial charge on any atom is -0.355 e. The summed E-state index contributed by atoms with van der Waals surface area (Å²) in [5, 5.41) is 2.97. The van der Waals surface area contributed by atoms with Crippen LogP contribution in [0.5, 0.6) is 0 Å². The van der Waals surface area contributed by atoms with Crippen molar-refractivity contribution in [3.8, 4) is 0 Å². The van der Waals surface area contributed by atoms with Gasteiger partial charge in [-0.25, -0.2) is 22.0 Å². The third kappa shape index (κ3) is 3.92. The second kappa shape index (κ2) is 8.39. The van der Waals surface area contributed by atoms with Gasteiger partial charge in [0.05, 0.1) is 18.0 Å². The summed E-state index contributed by atoms with van der Waals surface area (Å²) in [5.74, 6) is -0.554. The molecule has 1 aromatic carbocycles. The fourth-order valence-corrected chi connectivity index (χ4v) is 6.36. The average molecular weight is 444 g/mol. The van der Waals surface area contributed by atoms with Crippen molar-refractivity contribution in [1.82, 2.24) is 14.5 Å². The zero-order chi connectivity index (χ0) is 21.4. The van der Waals surface area contributed by atoms with Crippen molar-refractivity contribution in [2.75, 3.05) is 26.2 Å². The molecule has 1 N–H and O–H groups in total. The van der Waals surface area contributed by atoms with E-state index in [-0.39, 0.29) is 49.6 Å². The third-order valence-corrected chi connectivity index (χ3v) is 8.24. The molecular formula is C20H27F2N3O4S. The van der Waals surface area contributed by atoms with Crippen molar-refractivity contribution in [1.29, 1.82) is 0 Å². The van der Waals surface area contributed by atoms with Gasteiger partial charge in [0.25, 0.3) is 0 Å². The Morgan fingerprint density at radius 1 is 1.13 bits per heavy atom. The van der Waals surface area contributed by atoms with Crippen LogP contribution in [0.25, 0.3) is 0 Å². The molecule has 1 saturated carbocycles. The summed E-state index contributed by atoms with van der Waals surface area (Å²) in [6.45, 7) is 0.0198. The van der Waals surface area contributed by atoms with Crippen LogP contribution in [-0.2, 0) is 14.8 Å². The van der Waals surface area contributed by atoms with Crippen molar-refractivity contribution in [3.63, 3.8) is 0 Å². The summed E-state index contributed by atoms with van der Waals surface area (Å²) in [5.41, 5.74) is -1.64. The van der Waals surface area contributed by atoms with E-state index in [0.29, 0.717) is 0 Å². The molecule has 166 valence electrons. The van der Waals surface area contributed by atoms with Crippen LogP contribution >= 0.6 is 0 Å². The number of sulfonamides is 1. The van der Waals surface area contributed by atoms with E-state index >= 15 is 4.39 Å². The molecule has 0 aromatic heterocycles. The molecule has 4 rings (SSSR count). The van der Waals surface area contributed by atoms with Crippen LogP contribution in [0.3, 0.4) is 0 Å². The molecule has 1 aromatic rings. The van der Waals surface area contributed by atoms with Gasteiger partial charge in [-0.3, -0.25) is 0 Å². The molecule has 10 heteroatoms. The van der Waals surface area contributed by atoms with Crippen LogP contribution in [0.4, 0.5) is 13.6 Å². The van der Waals surface area contributed by atoms with E-state index in [1.807, 2.05) is 0 Å². The van der Waals surface area contributed by atoms with Crippen molar-refractivity contribution >= 4 is 16.1 Å². The van der Waals surface area contributed by atoms with E-state index in [1.165, 1.54) is 11.3 Å². The summed E-state index contributed by atoms with van der Waals surface area (Å²) in [7, 11) is -4.07. The topological polar surface area (TPSA) is 79.0 Å². The first-order chi connectivity index (χ1) is 14.3. The normalized spacial score (nSPS) is 28.7. The number of halogens is 2. The molecule has 2 amide bonds. The van der Waals surface area contributed by atoms with E-state index in [1.54, 1.807) is 0 Å². The first-order valence-electron chi connectivity index (χ1n) is 10.4. The maximum Gasteiger partial charge on any atom is 0.317 e. The van der Waals surface area contributed by atoms with Gasteiger partial charge in [0.2, 0.25) is 10.0 Å². The Kier molecular flexibility index (Phi) is 6.00. The number of rotatable bonds is 3. The Morgan fingerprint density at radius 3 is 2.50 bits per heavy atom. The van der Waals surface area contributed by atoms with Gasteiger partial charge >= 0.3 is 6.03 Å². The number of hydrogen-bond donors (Lipinski definition) is 1. The number of nitrogens with one attached hydrogen (secondary N) is 1. The highest BCUT2D eigenvalue weighted by atomic mass is 32.2. The number of carbonyl (C=O) groups is 1. The average Bonchev–Trinajstić information content (AvgIpc) is 3.17.